The molecule has 7 heteroatoms. The topological polar surface area (TPSA) is 82.5 Å². The third-order valence-electron chi connectivity index (χ3n) is 3.11. The number of rotatable bonds is 2. The van der Waals surface area contributed by atoms with Crippen LogP contribution in [-0.4, -0.2) is 24.7 Å². The van der Waals surface area contributed by atoms with Crippen molar-refractivity contribution in [2.24, 2.45) is 0 Å². The summed E-state index contributed by atoms with van der Waals surface area (Å²) in [4.78, 5) is 8.45. The SMILES string of the molecule is Cc1nc(N)cc(Sc2nnc3n2CCCCC3)n1. The highest BCUT2D eigenvalue weighted by molar-refractivity contribution is 7.99. The lowest BCUT2D eigenvalue weighted by molar-refractivity contribution is 0.590. The maximum Gasteiger partial charge on any atom is 0.197 e. The number of aryl methyl sites for hydroxylation is 2. The van der Waals surface area contributed by atoms with Crippen LogP contribution in [0.3, 0.4) is 0 Å². The average molecular weight is 276 g/mol. The van der Waals surface area contributed by atoms with Crippen LogP contribution >= 0.6 is 11.8 Å². The quantitative estimate of drug-likeness (QED) is 0.843. The molecule has 0 aliphatic carbocycles. The van der Waals surface area contributed by atoms with E-state index in [1.165, 1.54) is 31.0 Å². The molecule has 2 N–H and O–H groups in total. The van der Waals surface area contributed by atoms with Crippen molar-refractivity contribution in [3.63, 3.8) is 0 Å². The van der Waals surface area contributed by atoms with Crippen LogP contribution in [0.2, 0.25) is 0 Å². The molecule has 0 saturated carbocycles. The molecule has 0 aromatic carbocycles. The minimum absolute atomic E-state index is 0.491. The predicted molar refractivity (Wildman–Crippen MR) is 72.9 cm³/mol. The van der Waals surface area contributed by atoms with Crippen LogP contribution in [0.5, 0.6) is 0 Å². The van der Waals surface area contributed by atoms with Gasteiger partial charge in [0.25, 0.3) is 0 Å². The number of hydrogen-bond donors (Lipinski definition) is 1. The molecule has 3 rings (SSSR count). The Labute approximate surface area is 115 Å². The molecule has 1 aliphatic rings. The van der Waals surface area contributed by atoms with Gasteiger partial charge in [0.2, 0.25) is 0 Å². The number of fused-ring (bicyclic) bond motifs is 1. The second kappa shape index (κ2) is 5.16. The van der Waals surface area contributed by atoms with Gasteiger partial charge in [0.1, 0.15) is 22.5 Å². The van der Waals surface area contributed by atoms with Crippen LogP contribution in [0, 0.1) is 6.92 Å². The highest BCUT2D eigenvalue weighted by atomic mass is 32.2. The summed E-state index contributed by atoms with van der Waals surface area (Å²) in [6.45, 7) is 2.83. The number of anilines is 1. The molecule has 0 amide bonds. The largest absolute Gasteiger partial charge is 0.384 e. The first-order valence-electron chi connectivity index (χ1n) is 6.43. The fourth-order valence-electron chi connectivity index (χ4n) is 2.24. The van der Waals surface area contributed by atoms with E-state index in [-0.39, 0.29) is 0 Å². The van der Waals surface area contributed by atoms with Crippen molar-refractivity contribution in [1.29, 1.82) is 0 Å². The minimum Gasteiger partial charge on any atom is -0.384 e. The molecular weight excluding hydrogens is 260 g/mol. The van der Waals surface area contributed by atoms with Gasteiger partial charge >= 0.3 is 0 Å². The number of aromatic nitrogens is 5. The summed E-state index contributed by atoms with van der Waals surface area (Å²) in [5.74, 6) is 2.25. The normalized spacial score (nSPS) is 15.0. The molecule has 100 valence electrons. The number of nitrogens with zero attached hydrogens (tertiary/aromatic N) is 5. The van der Waals surface area contributed by atoms with Crippen molar-refractivity contribution in [3.05, 3.63) is 17.7 Å². The highest BCUT2D eigenvalue weighted by Crippen LogP contribution is 2.27. The molecule has 0 fully saturated rings. The van der Waals surface area contributed by atoms with Crippen molar-refractivity contribution in [2.45, 2.75) is 49.3 Å². The predicted octanol–water partition coefficient (Wildman–Crippen LogP) is 1.84. The summed E-state index contributed by atoms with van der Waals surface area (Å²) < 4.78 is 2.20. The molecule has 2 aromatic heterocycles. The van der Waals surface area contributed by atoms with Crippen LogP contribution in [0.1, 0.15) is 30.9 Å². The van der Waals surface area contributed by atoms with Gasteiger partial charge in [-0.2, -0.15) is 0 Å². The van der Waals surface area contributed by atoms with Gasteiger partial charge in [0.15, 0.2) is 5.16 Å². The van der Waals surface area contributed by atoms with Crippen LogP contribution in [0.4, 0.5) is 5.82 Å². The Hall–Kier alpha value is -1.63. The molecular formula is C12H16N6S. The highest BCUT2D eigenvalue weighted by Gasteiger charge is 2.16. The van der Waals surface area contributed by atoms with E-state index in [9.17, 15) is 0 Å². The zero-order chi connectivity index (χ0) is 13.2. The van der Waals surface area contributed by atoms with E-state index in [2.05, 4.69) is 24.7 Å². The second-order valence-electron chi connectivity index (χ2n) is 4.64. The summed E-state index contributed by atoms with van der Waals surface area (Å²) in [5, 5.41) is 10.3. The number of nitrogen functional groups attached to an aromatic ring is 1. The maximum atomic E-state index is 5.74. The van der Waals surface area contributed by atoms with Gasteiger partial charge in [0, 0.05) is 19.0 Å². The first-order chi connectivity index (χ1) is 9.22. The second-order valence-corrected chi connectivity index (χ2v) is 5.63. The molecule has 2 aromatic rings. The molecule has 6 nitrogen and oxygen atoms in total. The Morgan fingerprint density at radius 2 is 2.11 bits per heavy atom. The van der Waals surface area contributed by atoms with Gasteiger partial charge in [-0.3, -0.25) is 0 Å². The minimum atomic E-state index is 0.491. The zero-order valence-corrected chi connectivity index (χ0v) is 11.7. The smallest absolute Gasteiger partial charge is 0.197 e. The molecule has 0 radical (unpaired) electrons. The monoisotopic (exact) mass is 276 g/mol. The molecule has 0 saturated heterocycles. The molecule has 3 heterocycles. The molecule has 0 spiro atoms. The zero-order valence-electron chi connectivity index (χ0n) is 10.8. The van der Waals surface area contributed by atoms with Gasteiger partial charge < -0.3 is 10.3 Å². The summed E-state index contributed by atoms with van der Waals surface area (Å²) >= 11 is 1.50. The lowest BCUT2D eigenvalue weighted by Crippen LogP contribution is -2.03. The molecule has 1 aliphatic heterocycles. The Morgan fingerprint density at radius 1 is 1.21 bits per heavy atom. The Bertz CT molecular complexity index is 574. The fraction of sp³-hybridized carbons (Fsp3) is 0.500. The summed E-state index contributed by atoms with van der Waals surface area (Å²) in [5.41, 5.74) is 5.74. The maximum absolute atomic E-state index is 5.74. The van der Waals surface area contributed by atoms with E-state index >= 15 is 0 Å². The van der Waals surface area contributed by atoms with Crippen LogP contribution in [0.15, 0.2) is 16.2 Å². The van der Waals surface area contributed by atoms with Gasteiger partial charge in [0.05, 0.1) is 0 Å². The standard InChI is InChI=1S/C12H16N6S/c1-8-14-9(13)7-11(15-8)19-12-17-16-10-5-3-2-4-6-18(10)12/h7H,2-6H2,1H3,(H2,13,14,15). The van der Waals surface area contributed by atoms with Crippen molar-refractivity contribution >= 4 is 17.6 Å². The van der Waals surface area contributed by atoms with Crippen LogP contribution < -0.4 is 5.73 Å². The third-order valence-corrected chi connectivity index (χ3v) is 4.01. The van der Waals surface area contributed by atoms with Crippen molar-refractivity contribution in [1.82, 2.24) is 24.7 Å². The van der Waals surface area contributed by atoms with E-state index in [1.807, 2.05) is 6.92 Å². The van der Waals surface area contributed by atoms with Gasteiger partial charge in [-0.05, 0) is 31.5 Å². The van der Waals surface area contributed by atoms with E-state index in [4.69, 9.17) is 5.73 Å². The first kappa shape index (κ1) is 12.4. The van der Waals surface area contributed by atoms with Crippen LogP contribution in [0.25, 0.3) is 0 Å². The van der Waals surface area contributed by atoms with Crippen molar-refractivity contribution in [2.75, 3.05) is 5.73 Å². The van der Waals surface area contributed by atoms with Gasteiger partial charge in [-0.1, -0.05) is 6.42 Å². The summed E-state index contributed by atoms with van der Waals surface area (Å²) in [6.07, 6.45) is 4.65. The van der Waals surface area contributed by atoms with Crippen molar-refractivity contribution < 1.29 is 0 Å². The first-order valence-corrected chi connectivity index (χ1v) is 7.25. The van der Waals surface area contributed by atoms with Crippen molar-refractivity contribution in [3.8, 4) is 0 Å². The van der Waals surface area contributed by atoms with E-state index in [0.29, 0.717) is 11.6 Å². The Kier molecular flexibility index (Phi) is 3.37. The van der Waals surface area contributed by atoms with Gasteiger partial charge in [-0.25, -0.2) is 9.97 Å². The number of nitrogens with two attached hydrogens (primary N) is 1. The summed E-state index contributed by atoms with van der Waals surface area (Å²) in [7, 11) is 0. The van der Waals surface area contributed by atoms with E-state index in [0.717, 1.165) is 29.0 Å². The average Bonchev–Trinajstić information content (AvgIpc) is 2.59. The Balaban J connectivity index is 1.89. The molecule has 0 bridgehead atoms. The molecule has 19 heavy (non-hydrogen) atoms. The Morgan fingerprint density at radius 3 is 2.95 bits per heavy atom. The van der Waals surface area contributed by atoms with E-state index < -0.39 is 0 Å². The molecule has 0 unspecified atom stereocenters. The van der Waals surface area contributed by atoms with E-state index in [1.54, 1.807) is 6.07 Å². The lowest BCUT2D eigenvalue weighted by atomic mass is 10.2. The fourth-order valence-corrected chi connectivity index (χ4v) is 3.18. The molecule has 0 atom stereocenters. The third kappa shape index (κ3) is 2.70. The van der Waals surface area contributed by atoms with Gasteiger partial charge in [-0.15, -0.1) is 10.2 Å². The summed E-state index contributed by atoms with van der Waals surface area (Å²) in [6, 6.07) is 1.77. The van der Waals surface area contributed by atoms with Crippen LogP contribution in [-0.2, 0) is 13.0 Å². The lowest BCUT2D eigenvalue weighted by Gasteiger charge is -2.06. The number of hydrogen-bond acceptors (Lipinski definition) is 6.